The van der Waals surface area contributed by atoms with Gasteiger partial charge in [-0.05, 0) is 93.3 Å². The first kappa shape index (κ1) is 24.3. The number of hydrogen-bond acceptors (Lipinski definition) is 4. The molecule has 1 amide bonds. The highest BCUT2D eigenvalue weighted by molar-refractivity contribution is 7.92. The Labute approximate surface area is 196 Å². The Morgan fingerprint density at radius 3 is 2.21 bits per heavy atom. The number of nitrogens with one attached hydrogen (secondary N) is 2. The summed E-state index contributed by atoms with van der Waals surface area (Å²) in [6.45, 7) is 9.98. The molecule has 33 heavy (non-hydrogen) atoms. The summed E-state index contributed by atoms with van der Waals surface area (Å²) in [4.78, 5) is 12.9. The van der Waals surface area contributed by atoms with E-state index >= 15 is 0 Å². The molecule has 0 saturated heterocycles. The first-order valence-electron chi connectivity index (χ1n) is 10.8. The van der Waals surface area contributed by atoms with E-state index in [1.54, 1.807) is 31.2 Å². The van der Waals surface area contributed by atoms with Crippen molar-refractivity contribution in [2.45, 2.75) is 45.6 Å². The highest BCUT2D eigenvalue weighted by Gasteiger charge is 2.20. The summed E-state index contributed by atoms with van der Waals surface area (Å²) in [6.07, 6.45) is 0. The lowest BCUT2D eigenvalue weighted by molar-refractivity contribution is 0.0939. The molecule has 6 nitrogen and oxygen atoms in total. The number of benzene rings is 3. The minimum atomic E-state index is -3.86. The zero-order valence-corrected chi connectivity index (χ0v) is 20.4. The molecule has 0 spiro atoms. The summed E-state index contributed by atoms with van der Waals surface area (Å²) < 4.78 is 34.2. The van der Waals surface area contributed by atoms with Crippen molar-refractivity contribution in [2.75, 3.05) is 11.3 Å². The fraction of sp³-hybridized carbons (Fsp3) is 0.269. The zero-order chi connectivity index (χ0) is 24.2. The molecule has 7 heteroatoms. The molecule has 0 bridgehead atoms. The summed E-state index contributed by atoms with van der Waals surface area (Å²) in [5, 5.41) is 2.93. The number of hydrogen-bond donors (Lipinski definition) is 2. The Hall–Kier alpha value is -3.32. The van der Waals surface area contributed by atoms with E-state index in [1.165, 1.54) is 6.07 Å². The van der Waals surface area contributed by atoms with Gasteiger partial charge in [-0.2, -0.15) is 0 Å². The first-order valence-corrected chi connectivity index (χ1v) is 12.3. The van der Waals surface area contributed by atoms with Gasteiger partial charge in [0.1, 0.15) is 5.75 Å². The summed E-state index contributed by atoms with van der Waals surface area (Å²) in [7, 11) is -3.86. The summed E-state index contributed by atoms with van der Waals surface area (Å²) >= 11 is 0. The summed E-state index contributed by atoms with van der Waals surface area (Å²) in [6, 6.07) is 17.3. The van der Waals surface area contributed by atoms with Gasteiger partial charge in [-0.1, -0.05) is 24.3 Å². The Morgan fingerprint density at radius 2 is 1.58 bits per heavy atom. The number of aryl methyl sites for hydroxylation is 3. The van der Waals surface area contributed by atoms with Gasteiger partial charge in [0.2, 0.25) is 0 Å². The van der Waals surface area contributed by atoms with Crippen LogP contribution in [-0.2, 0) is 10.0 Å². The second-order valence-corrected chi connectivity index (χ2v) is 9.73. The molecule has 0 unspecified atom stereocenters. The van der Waals surface area contributed by atoms with Crippen molar-refractivity contribution in [1.82, 2.24) is 5.32 Å². The van der Waals surface area contributed by atoms with Crippen LogP contribution in [0.25, 0.3) is 0 Å². The normalized spacial score (nSPS) is 12.2. The minimum absolute atomic E-state index is 0.0714. The molecule has 2 N–H and O–H groups in total. The van der Waals surface area contributed by atoms with Gasteiger partial charge in [-0.25, -0.2) is 8.42 Å². The van der Waals surface area contributed by atoms with Crippen molar-refractivity contribution in [2.24, 2.45) is 0 Å². The average molecular weight is 467 g/mol. The monoisotopic (exact) mass is 466 g/mol. The minimum Gasteiger partial charge on any atom is -0.494 e. The number of carbonyl (C=O) groups excluding carboxylic acids is 1. The molecular weight excluding hydrogens is 436 g/mol. The van der Waals surface area contributed by atoms with Gasteiger partial charge in [-0.15, -0.1) is 0 Å². The third-order valence-electron chi connectivity index (χ3n) is 5.54. The van der Waals surface area contributed by atoms with Crippen LogP contribution in [0.5, 0.6) is 5.75 Å². The van der Waals surface area contributed by atoms with Gasteiger partial charge >= 0.3 is 0 Å². The van der Waals surface area contributed by atoms with Crippen molar-refractivity contribution in [3.63, 3.8) is 0 Å². The van der Waals surface area contributed by atoms with Gasteiger partial charge < -0.3 is 10.1 Å². The summed E-state index contributed by atoms with van der Waals surface area (Å²) in [5.41, 5.74) is 4.30. The second-order valence-electron chi connectivity index (χ2n) is 8.08. The molecule has 3 aromatic carbocycles. The number of ether oxygens (including phenoxy) is 1. The first-order chi connectivity index (χ1) is 15.6. The van der Waals surface area contributed by atoms with Crippen molar-refractivity contribution in [1.29, 1.82) is 0 Å². The molecule has 3 rings (SSSR count). The lowest BCUT2D eigenvalue weighted by Gasteiger charge is -2.16. The molecule has 0 fully saturated rings. The lowest BCUT2D eigenvalue weighted by atomic mass is 10.1. The van der Waals surface area contributed by atoms with Gasteiger partial charge in [-0.3, -0.25) is 9.52 Å². The van der Waals surface area contributed by atoms with E-state index in [0.717, 1.165) is 22.4 Å². The largest absolute Gasteiger partial charge is 0.494 e. The summed E-state index contributed by atoms with van der Waals surface area (Å²) in [5.74, 6) is 0.420. The highest BCUT2D eigenvalue weighted by atomic mass is 32.2. The molecule has 0 aliphatic rings. The lowest BCUT2D eigenvalue weighted by Crippen LogP contribution is -2.27. The molecule has 174 valence electrons. The van der Waals surface area contributed by atoms with E-state index in [2.05, 4.69) is 10.0 Å². The molecule has 0 aliphatic heterocycles. The molecular formula is C26H30N2O4S. The number of sulfonamides is 1. The van der Waals surface area contributed by atoms with Gasteiger partial charge in [0.05, 0.1) is 17.5 Å². The predicted octanol–water partition coefficient (Wildman–Crippen LogP) is 5.30. The Bertz CT molecular complexity index is 1250. The molecule has 1 atom stereocenters. The third-order valence-corrected chi connectivity index (χ3v) is 7.06. The standard InChI is InChI=1S/C26H30N2O4S/c1-6-32-24-13-10-21(11-14-24)20(5)27-26(29)22-9-7-18(3)25(16-22)33(30,31)28-23-12-8-17(2)19(4)15-23/h7-16,20,28H,6H2,1-5H3,(H,27,29)/t20-/m1/s1. The smallest absolute Gasteiger partial charge is 0.262 e. The molecule has 0 saturated carbocycles. The van der Waals surface area contributed by atoms with E-state index < -0.39 is 10.0 Å². The van der Waals surface area contributed by atoms with Crippen LogP contribution in [-0.4, -0.2) is 20.9 Å². The van der Waals surface area contributed by atoms with E-state index in [9.17, 15) is 13.2 Å². The Kier molecular flexibility index (Phi) is 7.43. The van der Waals surface area contributed by atoms with Crippen LogP contribution < -0.4 is 14.8 Å². The predicted molar refractivity (Wildman–Crippen MR) is 131 cm³/mol. The van der Waals surface area contributed by atoms with E-state index in [1.807, 2.05) is 58.0 Å². The average Bonchev–Trinajstić information content (AvgIpc) is 2.77. The molecule has 0 aromatic heterocycles. The maximum Gasteiger partial charge on any atom is 0.262 e. The van der Waals surface area contributed by atoms with Crippen molar-refractivity contribution in [3.8, 4) is 5.75 Å². The maximum absolute atomic E-state index is 13.1. The maximum atomic E-state index is 13.1. The second kappa shape index (κ2) is 10.1. The Morgan fingerprint density at radius 1 is 0.909 bits per heavy atom. The molecule has 3 aromatic rings. The van der Waals surface area contributed by atoms with Crippen LogP contribution in [0.1, 0.15) is 52.5 Å². The van der Waals surface area contributed by atoms with Gasteiger partial charge in [0.25, 0.3) is 15.9 Å². The topological polar surface area (TPSA) is 84.5 Å². The van der Waals surface area contributed by atoms with Gasteiger partial charge in [0, 0.05) is 11.3 Å². The van der Waals surface area contributed by atoms with Crippen LogP contribution in [0.2, 0.25) is 0 Å². The van der Waals surface area contributed by atoms with E-state index in [4.69, 9.17) is 4.74 Å². The van der Waals surface area contributed by atoms with Crippen molar-refractivity contribution >= 4 is 21.6 Å². The van der Waals surface area contributed by atoms with Crippen LogP contribution in [0.3, 0.4) is 0 Å². The fourth-order valence-corrected chi connectivity index (χ4v) is 4.75. The molecule has 0 aliphatic carbocycles. The van der Waals surface area contributed by atoms with Crippen LogP contribution in [0, 0.1) is 20.8 Å². The SMILES string of the molecule is CCOc1ccc([C@@H](C)NC(=O)c2ccc(C)c(S(=O)(=O)Nc3ccc(C)c(C)c3)c2)cc1. The van der Waals surface area contributed by atoms with E-state index in [0.29, 0.717) is 17.9 Å². The third kappa shape index (κ3) is 5.93. The molecule has 0 radical (unpaired) electrons. The number of anilines is 1. The van der Waals surface area contributed by atoms with Crippen LogP contribution in [0.4, 0.5) is 5.69 Å². The number of rotatable bonds is 8. The van der Waals surface area contributed by atoms with Crippen LogP contribution >= 0.6 is 0 Å². The van der Waals surface area contributed by atoms with Crippen molar-refractivity contribution in [3.05, 3.63) is 88.5 Å². The molecule has 0 heterocycles. The zero-order valence-electron chi connectivity index (χ0n) is 19.6. The van der Waals surface area contributed by atoms with Crippen molar-refractivity contribution < 1.29 is 17.9 Å². The number of carbonyl (C=O) groups is 1. The quantitative estimate of drug-likeness (QED) is 0.472. The van der Waals surface area contributed by atoms with E-state index in [-0.39, 0.29) is 22.4 Å². The van der Waals surface area contributed by atoms with Crippen LogP contribution in [0.15, 0.2) is 65.6 Å². The fourth-order valence-electron chi connectivity index (χ4n) is 3.43. The number of amides is 1. The Balaban J connectivity index is 1.79. The highest BCUT2D eigenvalue weighted by Crippen LogP contribution is 2.23. The van der Waals surface area contributed by atoms with Gasteiger partial charge in [0.15, 0.2) is 0 Å².